The van der Waals surface area contributed by atoms with E-state index in [2.05, 4.69) is 10.3 Å². The molecule has 102 valence electrons. The molecule has 0 saturated carbocycles. The molecule has 3 N–H and O–H groups in total. The van der Waals surface area contributed by atoms with Gasteiger partial charge in [-0.25, -0.2) is 0 Å². The van der Waals surface area contributed by atoms with E-state index in [0.29, 0.717) is 28.6 Å². The van der Waals surface area contributed by atoms with E-state index in [-0.39, 0.29) is 19.1 Å². The van der Waals surface area contributed by atoms with Gasteiger partial charge in [0.25, 0.3) is 0 Å². The van der Waals surface area contributed by atoms with Gasteiger partial charge in [-0.1, -0.05) is 0 Å². The standard InChI is InChI=1S/C14H13N3O3/c15-9-1-2-10(16-7-9)6-14(18)17-11-3-4-12-13(5-11)20-8-19-12/h1-5,7H,6,8,15H2,(H,17,18). The van der Waals surface area contributed by atoms with E-state index in [1.54, 1.807) is 30.3 Å². The Morgan fingerprint density at radius 2 is 2.10 bits per heavy atom. The summed E-state index contributed by atoms with van der Waals surface area (Å²) in [4.78, 5) is 16.0. The largest absolute Gasteiger partial charge is 0.454 e. The monoisotopic (exact) mass is 271 g/mol. The van der Waals surface area contributed by atoms with Gasteiger partial charge in [-0.15, -0.1) is 0 Å². The second-order valence-electron chi connectivity index (χ2n) is 4.38. The van der Waals surface area contributed by atoms with Gasteiger partial charge in [0, 0.05) is 17.4 Å². The summed E-state index contributed by atoms with van der Waals surface area (Å²) < 4.78 is 10.5. The number of hydrogen-bond donors (Lipinski definition) is 2. The average molecular weight is 271 g/mol. The first-order valence-electron chi connectivity index (χ1n) is 6.10. The zero-order valence-electron chi connectivity index (χ0n) is 10.6. The third-order valence-electron chi connectivity index (χ3n) is 2.85. The van der Waals surface area contributed by atoms with Crippen LogP contribution >= 0.6 is 0 Å². The molecule has 0 fully saturated rings. The van der Waals surface area contributed by atoms with E-state index in [9.17, 15) is 4.79 Å². The van der Waals surface area contributed by atoms with Gasteiger partial charge >= 0.3 is 0 Å². The molecule has 1 aromatic heterocycles. The molecule has 0 aliphatic carbocycles. The van der Waals surface area contributed by atoms with Crippen molar-refractivity contribution >= 4 is 17.3 Å². The highest BCUT2D eigenvalue weighted by molar-refractivity contribution is 5.92. The van der Waals surface area contributed by atoms with Crippen LogP contribution < -0.4 is 20.5 Å². The Hall–Kier alpha value is -2.76. The number of rotatable bonds is 3. The van der Waals surface area contributed by atoms with Crippen LogP contribution in [0.2, 0.25) is 0 Å². The molecule has 1 aliphatic rings. The second-order valence-corrected chi connectivity index (χ2v) is 4.38. The summed E-state index contributed by atoms with van der Waals surface area (Å²) in [6.45, 7) is 0.210. The number of nitrogen functional groups attached to an aromatic ring is 1. The van der Waals surface area contributed by atoms with Crippen molar-refractivity contribution in [3.63, 3.8) is 0 Å². The van der Waals surface area contributed by atoms with E-state index < -0.39 is 0 Å². The van der Waals surface area contributed by atoms with Gasteiger partial charge in [0.05, 0.1) is 18.3 Å². The number of fused-ring (bicyclic) bond motifs is 1. The van der Waals surface area contributed by atoms with Crippen LogP contribution in [0, 0.1) is 0 Å². The molecular weight excluding hydrogens is 258 g/mol. The van der Waals surface area contributed by atoms with Gasteiger partial charge in [-0.2, -0.15) is 0 Å². The van der Waals surface area contributed by atoms with Crippen molar-refractivity contribution < 1.29 is 14.3 Å². The van der Waals surface area contributed by atoms with Gasteiger partial charge in [0.15, 0.2) is 11.5 Å². The number of ether oxygens (including phenoxy) is 2. The predicted octanol–water partition coefficient (Wildman–Crippen LogP) is 1.57. The molecule has 0 unspecified atom stereocenters. The number of carbonyl (C=O) groups is 1. The Balaban J connectivity index is 1.65. The summed E-state index contributed by atoms with van der Waals surface area (Å²) >= 11 is 0. The molecule has 6 heteroatoms. The number of hydrogen-bond acceptors (Lipinski definition) is 5. The number of pyridine rings is 1. The molecule has 20 heavy (non-hydrogen) atoms. The van der Waals surface area contributed by atoms with Crippen molar-refractivity contribution in [1.29, 1.82) is 0 Å². The highest BCUT2D eigenvalue weighted by Crippen LogP contribution is 2.34. The van der Waals surface area contributed by atoms with Gasteiger partial charge in [0.1, 0.15) is 0 Å². The average Bonchev–Trinajstić information content (AvgIpc) is 2.89. The third kappa shape index (κ3) is 2.64. The van der Waals surface area contributed by atoms with Crippen molar-refractivity contribution in [2.24, 2.45) is 0 Å². The molecule has 0 saturated heterocycles. The van der Waals surface area contributed by atoms with Crippen molar-refractivity contribution in [2.45, 2.75) is 6.42 Å². The molecule has 0 bridgehead atoms. The van der Waals surface area contributed by atoms with Crippen LogP contribution in [0.5, 0.6) is 11.5 Å². The van der Waals surface area contributed by atoms with Crippen LogP contribution in [0.15, 0.2) is 36.5 Å². The zero-order chi connectivity index (χ0) is 13.9. The van der Waals surface area contributed by atoms with Crippen LogP contribution in [-0.2, 0) is 11.2 Å². The summed E-state index contributed by atoms with van der Waals surface area (Å²) in [5, 5.41) is 2.79. The van der Waals surface area contributed by atoms with Gasteiger partial charge in [-0.05, 0) is 24.3 Å². The number of nitrogens with two attached hydrogens (primary N) is 1. The topological polar surface area (TPSA) is 86.5 Å². The Labute approximate surface area is 115 Å². The van der Waals surface area contributed by atoms with E-state index in [0.717, 1.165) is 0 Å². The van der Waals surface area contributed by atoms with E-state index in [1.165, 1.54) is 6.20 Å². The minimum absolute atomic E-state index is 0.152. The van der Waals surface area contributed by atoms with Crippen LogP contribution in [0.3, 0.4) is 0 Å². The van der Waals surface area contributed by atoms with Crippen molar-refractivity contribution in [3.8, 4) is 11.5 Å². The molecular formula is C14H13N3O3. The molecule has 0 radical (unpaired) electrons. The Morgan fingerprint density at radius 3 is 2.90 bits per heavy atom. The van der Waals surface area contributed by atoms with Gasteiger partial charge in [-0.3, -0.25) is 9.78 Å². The first-order chi connectivity index (χ1) is 9.70. The summed E-state index contributed by atoms with van der Waals surface area (Å²) in [5.41, 5.74) is 7.44. The number of benzene rings is 1. The van der Waals surface area contributed by atoms with Crippen LogP contribution in [0.1, 0.15) is 5.69 Å². The van der Waals surface area contributed by atoms with Crippen molar-refractivity contribution in [1.82, 2.24) is 4.98 Å². The van der Waals surface area contributed by atoms with E-state index >= 15 is 0 Å². The summed E-state index contributed by atoms with van der Waals surface area (Å²) in [5.74, 6) is 1.16. The number of nitrogens with one attached hydrogen (secondary N) is 1. The molecule has 1 amide bonds. The maximum absolute atomic E-state index is 11.9. The van der Waals surface area contributed by atoms with Crippen LogP contribution in [0.4, 0.5) is 11.4 Å². The first kappa shape index (κ1) is 12.3. The molecule has 2 aromatic rings. The molecule has 0 spiro atoms. The lowest BCUT2D eigenvalue weighted by atomic mass is 10.2. The number of anilines is 2. The number of amides is 1. The minimum Gasteiger partial charge on any atom is -0.454 e. The summed E-state index contributed by atoms with van der Waals surface area (Å²) in [6, 6.07) is 8.71. The lowest BCUT2D eigenvalue weighted by Gasteiger charge is -2.06. The Kier molecular flexibility index (Phi) is 3.12. The maximum atomic E-state index is 11.9. The predicted molar refractivity (Wildman–Crippen MR) is 73.5 cm³/mol. The van der Waals surface area contributed by atoms with E-state index in [4.69, 9.17) is 15.2 Å². The van der Waals surface area contributed by atoms with Crippen LogP contribution in [0.25, 0.3) is 0 Å². The fourth-order valence-electron chi connectivity index (χ4n) is 1.88. The highest BCUT2D eigenvalue weighted by atomic mass is 16.7. The lowest BCUT2D eigenvalue weighted by Crippen LogP contribution is -2.15. The molecule has 3 rings (SSSR count). The van der Waals surface area contributed by atoms with Crippen molar-refractivity contribution in [2.75, 3.05) is 17.8 Å². The Bertz CT molecular complexity index is 641. The molecule has 6 nitrogen and oxygen atoms in total. The summed E-state index contributed by atoms with van der Waals surface area (Å²) in [6.07, 6.45) is 1.72. The molecule has 0 atom stereocenters. The SMILES string of the molecule is Nc1ccc(CC(=O)Nc2ccc3c(c2)OCO3)nc1. The van der Waals surface area contributed by atoms with Crippen LogP contribution in [-0.4, -0.2) is 17.7 Å². The number of carbonyl (C=O) groups excluding carboxylic acids is 1. The van der Waals surface area contributed by atoms with Gasteiger partial charge in [0.2, 0.25) is 12.7 Å². The smallest absolute Gasteiger partial charge is 0.231 e. The molecule has 2 heterocycles. The molecule has 1 aliphatic heterocycles. The summed E-state index contributed by atoms with van der Waals surface area (Å²) in [7, 11) is 0. The zero-order valence-corrected chi connectivity index (χ0v) is 10.6. The lowest BCUT2D eigenvalue weighted by molar-refractivity contribution is -0.115. The second kappa shape index (κ2) is 5.08. The fraction of sp³-hybridized carbons (Fsp3) is 0.143. The Morgan fingerprint density at radius 1 is 1.25 bits per heavy atom. The third-order valence-corrected chi connectivity index (χ3v) is 2.85. The minimum atomic E-state index is -0.152. The van der Waals surface area contributed by atoms with Crippen molar-refractivity contribution in [3.05, 3.63) is 42.2 Å². The number of aromatic nitrogens is 1. The molecule has 1 aromatic carbocycles. The normalized spacial score (nSPS) is 12.2. The fourth-order valence-corrected chi connectivity index (χ4v) is 1.88. The highest BCUT2D eigenvalue weighted by Gasteiger charge is 2.14. The van der Waals surface area contributed by atoms with E-state index in [1.807, 2.05) is 0 Å². The van der Waals surface area contributed by atoms with Gasteiger partial charge < -0.3 is 20.5 Å². The number of nitrogens with zero attached hydrogens (tertiary/aromatic N) is 1. The first-order valence-corrected chi connectivity index (χ1v) is 6.10. The maximum Gasteiger partial charge on any atom is 0.231 e. The quantitative estimate of drug-likeness (QED) is 0.885.